The predicted octanol–water partition coefficient (Wildman–Crippen LogP) is 2.42. The normalized spacial score (nSPS) is 22.0. The van der Waals surface area contributed by atoms with E-state index in [1.54, 1.807) is 6.20 Å². The maximum Gasteiger partial charge on any atom is 0.147 e. The summed E-state index contributed by atoms with van der Waals surface area (Å²) in [5, 5.41) is 4.23. The van der Waals surface area contributed by atoms with E-state index in [2.05, 4.69) is 10.3 Å². The van der Waals surface area contributed by atoms with Gasteiger partial charge in [-0.15, -0.1) is 0 Å². The lowest BCUT2D eigenvalue weighted by Crippen LogP contribution is -2.35. The van der Waals surface area contributed by atoms with Gasteiger partial charge in [-0.1, -0.05) is 23.2 Å². The number of aromatic nitrogens is 1. The van der Waals surface area contributed by atoms with E-state index < -0.39 is 0 Å². The minimum absolute atomic E-state index is 0.373. The lowest BCUT2D eigenvalue weighted by molar-refractivity contribution is 0.383. The van der Waals surface area contributed by atoms with Crippen molar-refractivity contribution >= 4 is 23.2 Å². The van der Waals surface area contributed by atoms with Gasteiger partial charge in [0.25, 0.3) is 0 Å². The minimum atomic E-state index is 0.373. The topological polar surface area (TPSA) is 24.9 Å². The van der Waals surface area contributed by atoms with Crippen LogP contribution in [0.1, 0.15) is 18.0 Å². The van der Waals surface area contributed by atoms with Gasteiger partial charge in [-0.05, 0) is 24.6 Å². The predicted molar refractivity (Wildman–Crippen MR) is 49.6 cm³/mol. The first kappa shape index (κ1) is 8.30. The fraction of sp³-hybridized carbons (Fsp3) is 0.375. The van der Waals surface area contributed by atoms with Crippen molar-refractivity contribution in [3.8, 4) is 0 Å². The summed E-state index contributed by atoms with van der Waals surface area (Å²) < 4.78 is 0. The van der Waals surface area contributed by atoms with Crippen LogP contribution in [0, 0.1) is 0 Å². The molecule has 1 atom stereocenters. The molecule has 0 saturated carbocycles. The van der Waals surface area contributed by atoms with Crippen molar-refractivity contribution in [1.82, 2.24) is 10.3 Å². The molecule has 12 heavy (non-hydrogen) atoms. The Kier molecular flexibility index (Phi) is 2.22. The van der Waals surface area contributed by atoms with Gasteiger partial charge in [-0.2, -0.15) is 0 Å². The average Bonchev–Trinajstić information content (AvgIpc) is 1.95. The van der Waals surface area contributed by atoms with Crippen molar-refractivity contribution in [3.05, 3.63) is 28.0 Å². The molecule has 2 heterocycles. The summed E-state index contributed by atoms with van der Waals surface area (Å²) in [5.74, 6) is 0. The van der Waals surface area contributed by atoms with Crippen LogP contribution in [0.15, 0.2) is 12.3 Å². The Hall–Kier alpha value is -0.310. The molecule has 0 aliphatic carbocycles. The number of nitrogens with zero attached hydrogens (tertiary/aromatic N) is 1. The zero-order valence-corrected chi connectivity index (χ0v) is 7.86. The largest absolute Gasteiger partial charge is 0.310 e. The molecule has 1 fully saturated rings. The number of rotatable bonds is 1. The molecular formula is C8H8Cl2N2. The van der Waals surface area contributed by atoms with Gasteiger partial charge in [0.05, 0.1) is 5.02 Å². The molecule has 1 aromatic rings. The van der Waals surface area contributed by atoms with E-state index in [9.17, 15) is 0 Å². The summed E-state index contributed by atoms with van der Waals surface area (Å²) in [4.78, 5) is 3.89. The SMILES string of the molecule is Clc1nccc(C2CCN2)c1Cl. The van der Waals surface area contributed by atoms with Crippen molar-refractivity contribution in [2.45, 2.75) is 12.5 Å². The quantitative estimate of drug-likeness (QED) is 0.709. The molecule has 1 N–H and O–H groups in total. The lowest BCUT2D eigenvalue weighted by atomic mass is 9.99. The standard InChI is InChI=1S/C8H8Cl2N2/c9-7-5(6-2-4-11-6)1-3-12-8(7)10/h1,3,6,11H,2,4H2. The number of halogens is 2. The molecule has 1 aliphatic rings. The van der Waals surface area contributed by atoms with Gasteiger partial charge in [0.2, 0.25) is 0 Å². The van der Waals surface area contributed by atoms with Crippen LogP contribution in [0.2, 0.25) is 10.2 Å². The summed E-state index contributed by atoms with van der Waals surface area (Å²) in [7, 11) is 0. The van der Waals surface area contributed by atoms with Gasteiger partial charge in [-0.25, -0.2) is 4.98 Å². The molecule has 0 amide bonds. The van der Waals surface area contributed by atoms with Crippen LogP contribution in [0.25, 0.3) is 0 Å². The van der Waals surface area contributed by atoms with Gasteiger partial charge in [0.1, 0.15) is 5.15 Å². The van der Waals surface area contributed by atoms with Crippen molar-refractivity contribution in [3.63, 3.8) is 0 Å². The summed E-state index contributed by atoms with van der Waals surface area (Å²) in [6.07, 6.45) is 2.81. The van der Waals surface area contributed by atoms with E-state index in [-0.39, 0.29) is 0 Å². The molecule has 4 heteroatoms. The fourth-order valence-electron chi connectivity index (χ4n) is 1.26. The van der Waals surface area contributed by atoms with Gasteiger partial charge >= 0.3 is 0 Å². The molecule has 64 valence electrons. The highest BCUT2D eigenvalue weighted by Gasteiger charge is 2.21. The highest BCUT2D eigenvalue weighted by molar-refractivity contribution is 6.41. The van der Waals surface area contributed by atoms with Gasteiger partial charge in [0.15, 0.2) is 0 Å². The Morgan fingerprint density at radius 2 is 2.25 bits per heavy atom. The van der Waals surface area contributed by atoms with E-state index in [1.165, 1.54) is 0 Å². The van der Waals surface area contributed by atoms with E-state index in [4.69, 9.17) is 23.2 Å². The minimum Gasteiger partial charge on any atom is -0.310 e. The molecule has 1 saturated heterocycles. The van der Waals surface area contributed by atoms with Crippen LogP contribution < -0.4 is 5.32 Å². The zero-order chi connectivity index (χ0) is 8.55. The first-order chi connectivity index (χ1) is 5.79. The molecule has 1 aliphatic heterocycles. The maximum absolute atomic E-state index is 5.97. The first-order valence-corrected chi connectivity index (χ1v) is 4.58. The smallest absolute Gasteiger partial charge is 0.147 e. The molecule has 2 nitrogen and oxygen atoms in total. The Morgan fingerprint density at radius 1 is 1.50 bits per heavy atom. The number of hydrogen-bond acceptors (Lipinski definition) is 2. The van der Waals surface area contributed by atoms with Crippen LogP contribution in [0.3, 0.4) is 0 Å². The molecule has 0 aromatic carbocycles. The van der Waals surface area contributed by atoms with Crippen LogP contribution in [0.5, 0.6) is 0 Å². The number of nitrogens with one attached hydrogen (secondary N) is 1. The summed E-state index contributed by atoms with van der Waals surface area (Å²) in [6, 6.07) is 2.28. The van der Waals surface area contributed by atoms with E-state index in [0.717, 1.165) is 18.5 Å². The molecule has 1 unspecified atom stereocenters. The molecular weight excluding hydrogens is 195 g/mol. The van der Waals surface area contributed by atoms with Gasteiger partial charge < -0.3 is 5.32 Å². The van der Waals surface area contributed by atoms with Crippen molar-refractivity contribution < 1.29 is 0 Å². The Bertz CT molecular complexity index is 297. The van der Waals surface area contributed by atoms with Crippen LogP contribution in [-0.2, 0) is 0 Å². The molecule has 1 aromatic heterocycles. The second kappa shape index (κ2) is 3.21. The van der Waals surface area contributed by atoms with Crippen LogP contribution >= 0.6 is 23.2 Å². The third-order valence-electron chi connectivity index (χ3n) is 2.08. The summed E-state index contributed by atoms with van der Waals surface area (Å²) in [5.41, 5.74) is 1.06. The molecule has 0 radical (unpaired) electrons. The average molecular weight is 203 g/mol. The second-order valence-electron chi connectivity index (χ2n) is 2.80. The highest BCUT2D eigenvalue weighted by Crippen LogP contribution is 2.32. The van der Waals surface area contributed by atoms with Crippen LogP contribution in [0.4, 0.5) is 0 Å². The summed E-state index contributed by atoms with van der Waals surface area (Å²) >= 11 is 11.7. The molecule has 0 spiro atoms. The van der Waals surface area contributed by atoms with Crippen molar-refractivity contribution in [2.24, 2.45) is 0 Å². The van der Waals surface area contributed by atoms with Crippen LogP contribution in [-0.4, -0.2) is 11.5 Å². The third-order valence-corrected chi connectivity index (χ3v) is 2.86. The van der Waals surface area contributed by atoms with E-state index in [0.29, 0.717) is 16.2 Å². The number of hydrogen-bond donors (Lipinski definition) is 1. The fourth-order valence-corrected chi connectivity index (χ4v) is 1.66. The third kappa shape index (κ3) is 1.30. The Morgan fingerprint density at radius 3 is 2.83 bits per heavy atom. The molecule has 2 rings (SSSR count). The van der Waals surface area contributed by atoms with Crippen molar-refractivity contribution in [2.75, 3.05) is 6.54 Å². The van der Waals surface area contributed by atoms with E-state index in [1.807, 2.05) is 6.07 Å². The Balaban J connectivity index is 2.36. The molecule has 0 bridgehead atoms. The lowest BCUT2D eigenvalue weighted by Gasteiger charge is -2.28. The van der Waals surface area contributed by atoms with Gasteiger partial charge in [-0.3, -0.25) is 0 Å². The maximum atomic E-state index is 5.97. The van der Waals surface area contributed by atoms with Gasteiger partial charge in [0, 0.05) is 12.2 Å². The highest BCUT2D eigenvalue weighted by atomic mass is 35.5. The monoisotopic (exact) mass is 202 g/mol. The zero-order valence-electron chi connectivity index (χ0n) is 6.35. The number of pyridine rings is 1. The second-order valence-corrected chi connectivity index (χ2v) is 3.54. The summed E-state index contributed by atoms with van der Waals surface area (Å²) in [6.45, 7) is 1.06. The van der Waals surface area contributed by atoms with E-state index >= 15 is 0 Å². The first-order valence-electron chi connectivity index (χ1n) is 3.82. The van der Waals surface area contributed by atoms with Crippen molar-refractivity contribution in [1.29, 1.82) is 0 Å². The Labute approximate surface area is 80.9 Å².